The molecule has 1 fully saturated rings. The summed E-state index contributed by atoms with van der Waals surface area (Å²) in [6, 6.07) is 0.582. The van der Waals surface area contributed by atoms with Crippen molar-refractivity contribution < 1.29 is 5.11 Å². The molecule has 1 saturated carbocycles. The summed E-state index contributed by atoms with van der Waals surface area (Å²) in [6.07, 6.45) is 5.08. The fourth-order valence-electron chi connectivity index (χ4n) is 1.96. The second kappa shape index (κ2) is 4.73. The summed E-state index contributed by atoms with van der Waals surface area (Å²) in [4.78, 5) is 0. The average molecular weight is 157 g/mol. The number of hydrogen-bond donors (Lipinski definition) is 2. The molecule has 2 atom stereocenters. The average Bonchev–Trinajstić information content (AvgIpc) is 2.06. The quantitative estimate of drug-likeness (QED) is 0.644. The maximum absolute atomic E-state index is 9.05. The van der Waals surface area contributed by atoms with Gasteiger partial charge in [0.25, 0.3) is 0 Å². The van der Waals surface area contributed by atoms with E-state index in [1.807, 2.05) is 0 Å². The van der Waals surface area contributed by atoms with E-state index in [0.717, 1.165) is 6.54 Å². The van der Waals surface area contributed by atoms with E-state index in [-0.39, 0.29) is 0 Å². The van der Waals surface area contributed by atoms with Crippen LogP contribution in [0, 0.1) is 5.92 Å². The van der Waals surface area contributed by atoms with Crippen molar-refractivity contribution in [2.45, 2.75) is 38.6 Å². The van der Waals surface area contributed by atoms with Crippen molar-refractivity contribution in [2.75, 3.05) is 13.2 Å². The summed E-state index contributed by atoms with van der Waals surface area (Å²) < 4.78 is 0. The lowest BCUT2D eigenvalue weighted by atomic mass is 9.85. The van der Waals surface area contributed by atoms with Crippen LogP contribution in [0.3, 0.4) is 0 Å². The van der Waals surface area contributed by atoms with Gasteiger partial charge in [-0.1, -0.05) is 19.8 Å². The first-order valence-electron chi connectivity index (χ1n) is 4.72. The molecule has 2 N–H and O–H groups in total. The van der Waals surface area contributed by atoms with Gasteiger partial charge in [-0.2, -0.15) is 0 Å². The van der Waals surface area contributed by atoms with Crippen molar-refractivity contribution in [2.24, 2.45) is 5.92 Å². The van der Waals surface area contributed by atoms with Crippen molar-refractivity contribution in [3.05, 3.63) is 0 Å². The number of aliphatic hydroxyl groups is 1. The molecule has 2 unspecified atom stereocenters. The van der Waals surface area contributed by atoms with Crippen LogP contribution in [0.25, 0.3) is 0 Å². The Kier molecular flexibility index (Phi) is 3.87. The molecule has 1 aliphatic rings. The van der Waals surface area contributed by atoms with Crippen LogP contribution in [-0.2, 0) is 0 Å². The fraction of sp³-hybridized carbons (Fsp3) is 1.00. The zero-order valence-electron chi connectivity index (χ0n) is 7.34. The summed E-state index contributed by atoms with van der Waals surface area (Å²) in [5.74, 6) is 0.517. The minimum atomic E-state index is 0.359. The highest BCUT2D eigenvalue weighted by Crippen LogP contribution is 2.23. The molecule has 0 aromatic heterocycles. The molecule has 2 heteroatoms. The zero-order valence-corrected chi connectivity index (χ0v) is 7.34. The van der Waals surface area contributed by atoms with Gasteiger partial charge in [-0.15, -0.1) is 0 Å². The van der Waals surface area contributed by atoms with Crippen molar-refractivity contribution in [3.63, 3.8) is 0 Å². The van der Waals surface area contributed by atoms with Gasteiger partial charge in [-0.25, -0.2) is 0 Å². The van der Waals surface area contributed by atoms with Crippen LogP contribution in [0.5, 0.6) is 0 Å². The number of rotatable bonds is 3. The van der Waals surface area contributed by atoms with Crippen molar-refractivity contribution in [1.29, 1.82) is 0 Å². The van der Waals surface area contributed by atoms with Gasteiger partial charge in [0.05, 0.1) is 0 Å². The van der Waals surface area contributed by atoms with Crippen molar-refractivity contribution in [1.82, 2.24) is 5.32 Å². The van der Waals surface area contributed by atoms with Gasteiger partial charge in [0.15, 0.2) is 0 Å². The highest BCUT2D eigenvalue weighted by Gasteiger charge is 2.22. The summed E-state index contributed by atoms with van der Waals surface area (Å²) in [6.45, 7) is 3.52. The molecule has 0 spiro atoms. The third-order valence-corrected chi connectivity index (χ3v) is 2.61. The fourth-order valence-corrected chi connectivity index (χ4v) is 1.96. The Hall–Kier alpha value is -0.0800. The van der Waals surface area contributed by atoms with Gasteiger partial charge >= 0.3 is 0 Å². The molecule has 0 radical (unpaired) electrons. The van der Waals surface area contributed by atoms with Crippen LogP contribution in [0.2, 0.25) is 0 Å². The summed E-state index contributed by atoms with van der Waals surface area (Å²) in [5.41, 5.74) is 0. The molecule has 0 bridgehead atoms. The lowest BCUT2D eigenvalue weighted by molar-refractivity contribution is 0.154. The van der Waals surface area contributed by atoms with Gasteiger partial charge in [-0.3, -0.25) is 0 Å². The Bertz CT molecular complexity index is 104. The monoisotopic (exact) mass is 157 g/mol. The van der Waals surface area contributed by atoms with Crippen LogP contribution in [0.15, 0.2) is 0 Å². The normalized spacial score (nSPS) is 32.2. The van der Waals surface area contributed by atoms with Crippen LogP contribution >= 0.6 is 0 Å². The van der Waals surface area contributed by atoms with Crippen LogP contribution in [-0.4, -0.2) is 24.3 Å². The minimum absolute atomic E-state index is 0.359. The Labute approximate surface area is 69.0 Å². The third-order valence-electron chi connectivity index (χ3n) is 2.61. The second-order valence-corrected chi connectivity index (χ2v) is 3.39. The third kappa shape index (κ3) is 2.46. The molecule has 2 nitrogen and oxygen atoms in total. The SMILES string of the molecule is CCNC1CCCCC1CO. The molecule has 0 heterocycles. The molecule has 1 rings (SSSR count). The van der Waals surface area contributed by atoms with Crippen LogP contribution in [0.4, 0.5) is 0 Å². The van der Waals surface area contributed by atoms with Gasteiger partial charge in [-0.05, 0) is 25.3 Å². The van der Waals surface area contributed by atoms with E-state index >= 15 is 0 Å². The maximum atomic E-state index is 9.05. The molecule has 0 saturated heterocycles. The number of aliphatic hydroxyl groups excluding tert-OH is 1. The smallest absolute Gasteiger partial charge is 0.0474 e. The number of nitrogens with one attached hydrogen (secondary N) is 1. The Morgan fingerprint density at radius 3 is 2.73 bits per heavy atom. The van der Waals surface area contributed by atoms with Gasteiger partial charge < -0.3 is 10.4 Å². The Balaban J connectivity index is 2.31. The summed E-state index contributed by atoms with van der Waals surface area (Å²) in [7, 11) is 0. The highest BCUT2D eigenvalue weighted by molar-refractivity contribution is 4.79. The lowest BCUT2D eigenvalue weighted by Crippen LogP contribution is -2.39. The standard InChI is InChI=1S/C9H19NO/c1-2-10-9-6-4-3-5-8(9)7-11/h8-11H,2-7H2,1H3. The van der Waals surface area contributed by atoms with E-state index in [4.69, 9.17) is 5.11 Å². The van der Waals surface area contributed by atoms with Gasteiger partial charge in [0, 0.05) is 12.6 Å². The number of hydrogen-bond acceptors (Lipinski definition) is 2. The molecule has 66 valence electrons. The Morgan fingerprint density at radius 2 is 2.09 bits per heavy atom. The molecule has 0 aromatic rings. The molecule has 11 heavy (non-hydrogen) atoms. The molecule has 0 aromatic carbocycles. The molecular formula is C9H19NO. The van der Waals surface area contributed by atoms with E-state index in [0.29, 0.717) is 18.6 Å². The zero-order chi connectivity index (χ0) is 8.10. The van der Waals surface area contributed by atoms with Crippen molar-refractivity contribution >= 4 is 0 Å². The summed E-state index contributed by atoms with van der Waals surface area (Å²) >= 11 is 0. The first-order chi connectivity index (χ1) is 5.38. The predicted octanol–water partition coefficient (Wildman–Crippen LogP) is 1.15. The van der Waals surface area contributed by atoms with E-state index < -0.39 is 0 Å². The maximum Gasteiger partial charge on any atom is 0.0474 e. The first kappa shape index (κ1) is 9.01. The molecule has 0 amide bonds. The van der Waals surface area contributed by atoms with Crippen LogP contribution in [0.1, 0.15) is 32.6 Å². The predicted molar refractivity (Wildman–Crippen MR) is 46.5 cm³/mol. The summed E-state index contributed by atoms with van der Waals surface area (Å²) in [5, 5.41) is 12.5. The molecular weight excluding hydrogens is 138 g/mol. The molecule has 1 aliphatic carbocycles. The minimum Gasteiger partial charge on any atom is -0.396 e. The first-order valence-corrected chi connectivity index (χ1v) is 4.72. The molecule has 0 aliphatic heterocycles. The van der Waals surface area contributed by atoms with Gasteiger partial charge in [0.2, 0.25) is 0 Å². The topological polar surface area (TPSA) is 32.3 Å². The second-order valence-electron chi connectivity index (χ2n) is 3.39. The lowest BCUT2D eigenvalue weighted by Gasteiger charge is -2.30. The van der Waals surface area contributed by atoms with Crippen LogP contribution < -0.4 is 5.32 Å². The van der Waals surface area contributed by atoms with Crippen molar-refractivity contribution in [3.8, 4) is 0 Å². The van der Waals surface area contributed by atoms with Gasteiger partial charge in [0.1, 0.15) is 0 Å². The van der Waals surface area contributed by atoms with E-state index in [2.05, 4.69) is 12.2 Å². The van der Waals surface area contributed by atoms with E-state index in [1.54, 1.807) is 0 Å². The van der Waals surface area contributed by atoms with E-state index in [1.165, 1.54) is 25.7 Å². The van der Waals surface area contributed by atoms with E-state index in [9.17, 15) is 0 Å². The highest BCUT2D eigenvalue weighted by atomic mass is 16.3. The largest absolute Gasteiger partial charge is 0.396 e. The Morgan fingerprint density at radius 1 is 1.36 bits per heavy atom.